The molecule has 0 aromatic heterocycles. The lowest BCUT2D eigenvalue weighted by Gasteiger charge is -2.06. The van der Waals surface area contributed by atoms with Gasteiger partial charge in [-0.15, -0.1) is 11.6 Å². The van der Waals surface area contributed by atoms with E-state index >= 15 is 0 Å². The highest BCUT2D eigenvalue weighted by Crippen LogP contribution is 2.06. The Hall–Kier alpha value is 0.507. The molecule has 6 heavy (non-hydrogen) atoms. The minimum atomic E-state index is -0.991. The standard InChI is InChI=1S/C4H10ClSi/c1-6(2,3)4-5/h4H,1-3H3. The van der Waals surface area contributed by atoms with Crippen LogP contribution in [0.2, 0.25) is 19.6 Å². The van der Waals surface area contributed by atoms with Crippen LogP contribution in [0.1, 0.15) is 0 Å². The molecule has 0 aromatic rings. The van der Waals surface area contributed by atoms with E-state index < -0.39 is 8.07 Å². The smallest absolute Gasteiger partial charge is 0.0663 e. The second kappa shape index (κ2) is 1.98. The predicted octanol–water partition coefficient (Wildman–Crippen LogP) is 2.26. The van der Waals surface area contributed by atoms with Crippen molar-refractivity contribution in [2.24, 2.45) is 0 Å². The third-order valence-corrected chi connectivity index (χ3v) is 2.95. The molecule has 0 aliphatic rings. The molecule has 37 valence electrons. The second-order valence-corrected chi connectivity index (χ2v) is 8.08. The van der Waals surface area contributed by atoms with Crippen LogP contribution in [0.25, 0.3) is 0 Å². The summed E-state index contributed by atoms with van der Waals surface area (Å²) in [6.45, 7) is 6.58. The fourth-order valence-electron chi connectivity index (χ4n) is 0. The van der Waals surface area contributed by atoms with Gasteiger partial charge in [0, 0.05) is 5.50 Å². The van der Waals surface area contributed by atoms with Crippen LogP contribution in [0, 0.1) is 5.50 Å². The van der Waals surface area contributed by atoms with Crippen LogP contribution in [-0.2, 0) is 0 Å². The first-order valence-corrected chi connectivity index (χ1v) is 6.02. The van der Waals surface area contributed by atoms with Gasteiger partial charge in [0.2, 0.25) is 0 Å². The summed E-state index contributed by atoms with van der Waals surface area (Å²) >= 11 is 5.41. The van der Waals surface area contributed by atoms with Crippen LogP contribution in [0.5, 0.6) is 0 Å². The molecule has 0 saturated carbocycles. The molecule has 0 N–H and O–H groups in total. The van der Waals surface area contributed by atoms with Crippen LogP contribution >= 0.6 is 11.6 Å². The van der Waals surface area contributed by atoms with Gasteiger partial charge in [-0.25, -0.2) is 0 Å². The molecule has 0 rings (SSSR count). The summed E-state index contributed by atoms with van der Waals surface area (Å²) < 4.78 is 0. The summed E-state index contributed by atoms with van der Waals surface area (Å²) in [6.07, 6.45) is 0. The van der Waals surface area contributed by atoms with Crippen molar-refractivity contribution in [3.63, 3.8) is 0 Å². The van der Waals surface area contributed by atoms with Gasteiger partial charge in [-0.1, -0.05) is 19.6 Å². The zero-order valence-corrected chi connectivity index (χ0v) is 6.21. The van der Waals surface area contributed by atoms with E-state index in [1.165, 1.54) is 0 Å². The molecule has 0 atom stereocenters. The van der Waals surface area contributed by atoms with Gasteiger partial charge in [0.15, 0.2) is 0 Å². The second-order valence-electron chi connectivity index (χ2n) is 2.48. The minimum absolute atomic E-state index is 0.991. The third kappa shape index (κ3) is 4.51. The maximum atomic E-state index is 5.41. The van der Waals surface area contributed by atoms with Crippen molar-refractivity contribution in [1.82, 2.24) is 0 Å². The molecule has 0 aliphatic carbocycles. The molecule has 0 unspecified atom stereocenters. The van der Waals surface area contributed by atoms with Crippen molar-refractivity contribution in [2.45, 2.75) is 19.6 Å². The highest BCUT2D eigenvalue weighted by atomic mass is 35.5. The van der Waals surface area contributed by atoms with Gasteiger partial charge in [-0.05, 0) is 0 Å². The van der Waals surface area contributed by atoms with Gasteiger partial charge in [-0.3, -0.25) is 0 Å². The van der Waals surface area contributed by atoms with E-state index in [9.17, 15) is 0 Å². The zero-order valence-electron chi connectivity index (χ0n) is 4.46. The quantitative estimate of drug-likeness (QED) is 0.467. The lowest BCUT2D eigenvalue weighted by molar-refractivity contribution is 1.76. The molecular formula is C4H10ClSi. The van der Waals surface area contributed by atoms with Gasteiger partial charge in [-0.2, -0.15) is 0 Å². The average molecular weight is 122 g/mol. The van der Waals surface area contributed by atoms with Crippen molar-refractivity contribution in [3.8, 4) is 0 Å². The van der Waals surface area contributed by atoms with E-state index in [1.807, 2.05) is 0 Å². The summed E-state index contributed by atoms with van der Waals surface area (Å²) in [4.78, 5) is 0. The molecule has 0 heterocycles. The number of hydrogen-bond acceptors (Lipinski definition) is 0. The Kier molecular flexibility index (Phi) is 2.15. The van der Waals surface area contributed by atoms with Crippen molar-refractivity contribution >= 4 is 19.7 Å². The SMILES string of the molecule is C[Si](C)(C)[CH]Cl. The van der Waals surface area contributed by atoms with Crippen LogP contribution in [0.3, 0.4) is 0 Å². The maximum absolute atomic E-state index is 5.41. The number of hydrogen-bond donors (Lipinski definition) is 0. The molecule has 0 bridgehead atoms. The zero-order chi connectivity index (χ0) is 5.21. The highest BCUT2D eigenvalue weighted by molar-refractivity contribution is 6.86. The first-order chi connectivity index (χ1) is 2.56. The van der Waals surface area contributed by atoms with Gasteiger partial charge in [0.1, 0.15) is 0 Å². The molecule has 0 fully saturated rings. The van der Waals surface area contributed by atoms with Gasteiger partial charge in [0.25, 0.3) is 0 Å². The summed E-state index contributed by atoms with van der Waals surface area (Å²) in [6, 6.07) is 0. The molecule has 2 heteroatoms. The van der Waals surface area contributed by atoms with Crippen LogP contribution in [0.15, 0.2) is 0 Å². The highest BCUT2D eigenvalue weighted by Gasteiger charge is 2.09. The summed E-state index contributed by atoms with van der Waals surface area (Å²) in [5, 5.41) is 0. The van der Waals surface area contributed by atoms with Crippen molar-refractivity contribution in [3.05, 3.63) is 5.50 Å². The van der Waals surface area contributed by atoms with E-state index in [2.05, 4.69) is 19.6 Å². The van der Waals surface area contributed by atoms with E-state index in [1.54, 1.807) is 5.50 Å². The lowest BCUT2D eigenvalue weighted by atomic mass is 11.8. The topological polar surface area (TPSA) is 0 Å². The molecule has 1 radical (unpaired) electrons. The van der Waals surface area contributed by atoms with E-state index in [4.69, 9.17) is 11.6 Å². The Labute approximate surface area is 45.5 Å². The summed E-state index contributed by atoms with van der Waals surface area (Å²) in [5.41, 5.74) is 1.80. The molecule has 0 nitrogen and oxygen atoms in total. The molecule has 0 aliphatic heterocycles. The van der Waals surface area contributed by atoms with Crippen LogP contribution in [0.4, 0.5) is 0 Å². The monoisotopic (exact) mass is 121 g/mol. The van der Waals surface area contributed by atoms with Gasteiger partial charge < -0.3 is 0 Å². The fourth-order valence-corrected chi connectivity index (χ4v) is 0. The Morgan fingerprint density at radius 3 is 1.50 bits per heavy atom. The lowest BCUT2D eigenvalue weighted by Crippen LogP contribution is -2.17. The van der Waals surface area contributed by atoms with Gasteiger partial charge in [0.05, 0.1) is 8.07 Å². The fraction of sp³-hybridized carbons (Fsp3) is 0.750. The van der Waals surface area contributed by atoms with Crippen LogP contribution < -0.4 is 0 Å². The van der Waals surface area contributed by atoms with Crippen LogP contribution in [-0.4, -0.2) is 8.07 Å². The first kappa shape index (κ1) is 6.51. The Morgan fingerprint density at radius 2 is 1.50 bits per heavy atom. The molecule has 0 saturated heterocycles. The van der Waals surface area contributed by atoms with Crippen molar-refractivity contribution < 1.29 is 0 Å². The third-order valence-electron chi connectivity index (χ3n) is 0.327. The molecule has 0 amide bonds. The average Bonchev–Trinajstić information content (AvgIpc) is 1.35. The van der Waals surface area contributed by atoms with Crippen molar-refractivity contribution in [1.29, 1.82) is 0 Å². The van der Waals surface area contributed by atoms with Gasteiger partial charge >= 0.3 is 0 Å². The van der Waals surface area contributed by atoms with E-state index in [-0.39, 0.29) is 0 Å². The summed E-state index contributed by atoms with van der Waals surface area (Å²) in [5.74, 6) is 0. The van der Waals surface area contributed by atoms with Crippen molar-refractivity contribution in [2.75, 3.05) is 0 Å². The Bertz CT molecular complexity index is 37.3. The Balaban J connectivity index is 3.17. The summed E-state index contributed by atoms with van der Waals surface area (Å²) in [7, 11) is -0.991. The molecule has 0 aromatic carbocycles. The minimum Gasteiger partial charge on any atom is -0.125 e. The number of halogens is 1. The van der Waals surface area contributed by atoms with E-state index in [0.29, 0.717) is 0 Å². The predicted molar refractivity (Wildman–Crippen MR) is 33.5 cm³/mol. The molecule has 0 spiro atoms. The normalized spacial score (nSPS) is 12.0. The van der Waals surface area contributed by atoms with E-state index in [0.717, 1.165) is 0 Å². The largest absolute Gasteiger partial charge is 0.125 e. The number of rotatable bonds is 1. The maximum Gasteiger partial charge on any atom is 0.0663 e. The Morgan fingerprint density at radius 1 is 1.33 bits per heavy atom. The molecular weight excluding hydrogens is 112 g/mol. The first-order valence-electron chi connectivity index (χ1n) is 2.01.